The molecule has 0 aromatic heterocycles. The highest BCUT2D eigenvalue weighted by molar-refractivity contribution is 7.90. The Morgan fingerprint density at radius 2 is 1.95 bits per heavy atom. The van der Waals surface area contributed by atoms with Crippen molar-refractivity contribution in [1.82, 2.24) is 9.80 Å². The second-order valence-electron chi connectivity index (χ2n) is 10.6. The number of aliphatic hydroxyl groups is 1. The molecule has 2 amide bonds. The number of rotatable bonds is 7. The number of carbonyl (C=O) groups is 2. The van der Waals surface area contributed by atoms with Gasteiger partial charge in [-0.1, -0.05) is 6.07 Å². The molecule has 2 N–H and O–H groups in total. The van der Waals surface area contributed by atoms with E-state index in [4.69, 9.17) is 14.2 Å². The number of nitrogens with zero attached hydrogens (tertiary/aromatic N) is 2. The predicted molar refractivity (Wildman–Crippen MR) is 130 cm³/mol. The third-order valence-electron chi connectivity index (χ3n) is 6.37. The van der Waals surface area contributed by atoms with Crippen LogP contribution in [0.5, 0.6) is 5.75 Å². The molecule has 2 aliphatic heterocycles. The highest BCUT2D eigenvalue weighted by Crippen LogP contribution is 2.38. The number of sulfone groups is 1. The lowest BCUT2D eigenvalue weighted by Gasteiger charge is -2.38. The summed E-state index contributed by atoms with van der Waals surface area (Å²) in [6.07, 6.45) is -0.603. The smallest absolute Gasteiger partial charge is 0.410 e. The van der Waals surface area contributed by atoms with Crippen LogP contribution in [0, 0.1) is 5.82 Å². The first-order chi connectivity index (χ1) is 17.1. The minimum atomic E-state index is -3.81. The first kappa shape index (κ1) is 28.9. The van der Waals surface area contributed by atoms with Crippen molar-refractivity contribution in [1.29, 1.82) is 0 Å². The lowest BCUT2D eigenvalue weighted by molar-refractivity contribution is -0.0407. The van der Waals surface area contributed by atoms with E-state index in [-0.39, 0.29) is 18.9 Å². The highest BCUT2D eigenvalue weighted by Gasteiger charge is 2.47. The van der Waals surface area contributed by atoms with E-state index in [1.165, 1.54) is 21.9 Å². The van der Waals surface area contributed by atoms with Gasteiger partial charge in [0.15, 0.2) is 21.4 Å². The Kier molecular flexibility index (Phi) is 8.60. The molecule has 2 atom stereocenters. The van der Waals surface area contributed by atoms with E-state index in [2.05, 4.69) is 0 Å². The molecule has 1 aromatic carbocycles. The van der Waals surface area contributed by atoms with Crippen LogP contribution in [0.1, 0.15) is 40.0 Å². The van der Waals surface area contributed by atoms with Crippen LogP contribution in [0.25, 0.3) is 0 Å². The molecular formula is C24H35FN2O9S. The standard InChI is InChI=1S/C24H35FN2O9S/c1-23(2,3)36-22(31)27(16-12-24(35-14-16)8-10-26(11-9-24)21(29)30)13-17(28)15-34-18-6-5-7-19(20(18)25)37(4,32)33/h5-7,16-17,28H,8-15H2,1-4H3,(H,29,30). The van der Waals surface area contributed by atoms with Gasteiger partial charge in [-0.15, -0.1) is 0 Å². The van der Waals surface area contributed by atoms with Crippen LogP contribution in [-0.4, -0.2) is 103 Å². The molecule has 0 saturated carbocycles. The number of benzene rings is 1. The molecule has 3 rings (SSSR count). The van der Waals surface area contributed by atoms with Gasteiger partial charge in [0.25, 0.3) is 0 Å². The number of carbonyl (C=O) groups excluding carboxylic acids is 1. The van der Waals surface area contributed by atoms with E-state index in [9.17, 15) is 32.6 Å². The maximum atomic E-state index is 14.6. The molecule has 2 heterocycles. The topological polar surface area (TPSA) is 143 Å². The molecule has 0 bridgehead atoms. The zero-order chi connectivity index (χ0) is 27.6. The summed E-state index contributed by atoms with van der Waals surface area (Å²) in [5.74, 6) is -1.39. The van der Waals surface area contributed by atoms with E-state index >= 15 is 0 Å². The molecule has 2 saturated heterocycles. The summed E-state index contributed by atoms with van der Waals surface area (Å²) in [5, 5.41) is 19.9. The number of ether oxygens (including phenoxy) is 3. The van der Waals surface area contributed by atoms with E-state index in [0.29, 0.717) is 32.4 Å². The molecule has 208 valence electrons. The van der Waals surface area contributed by atoms with Gasteiger partial charge in [0, 0.05) is 19.3 Å². The van der Waals surface area contributed by atoms with Crippen molar-refractivity contribution in [3.63, 3.8) is 0 Å². The molecule has 0 radical (unpaired) electrons. The van der Waals surface area contributed by atoms with Crippen LogP contribution in [0.2, 0.25) is 0 Å². The average Bonchev–Trinajstić information content (AvgIpc) is 3.18. The first-order valence-electron chi connectivity index (χ1n) is 12.0. The molecule has 2 fully saturated rings. The first-order valence-corrected chi connectivity index (χ1v) is 13.9. The Morgan fingerprint density at radius 1 is 1.30 bits per heavy atom. The van der Waals surface area contributed by atoms with Crippen LogP contribution in [0.15, 0.2) is 23.1 Å². The Hall–Kier alpha value is -2.64. The number of amides is 2. The maximum absolute atomic E-state index is 14.6. The van der Waals surface area contributed by atoms with E-state index in [1.807, 2.05) is 0 Å². The Balaban J connectivity index is 1.69. The number of aliphatic hydroxyl groups excluding tert-OH is 1. The number of carboxylic acid groups (broad SMARTS) is 1. The van der Waals surface area contributed by atoms with Gasteiger partial charge in [0.2, 0.25) is 0 Å². The van der Waals surface area contributed by atoms with Gasteiger partial charge < -0.3 is 34.2 Å². The number of hydrogen-bond acceptors (Lipinski definition) is 8. The molecule has 0 aliphatic carbocycles. The summed E-state index contributed by atoms with van der Waals surface area (Å²) in [5.41, 5.74) is -1.37. The summed E-state index contributed by atoms with van der Waals surface area (Å²) in [7, 11) is -3.81. The molecule has 1 spiro atoms. The Labute approximate surface area is 216 Å². The average molecular weight is 547 g/mol. The van der Waals surface area contributed by atoms with Gasteiger partial charge in [-0.05, 0) is 52.2 Å². The second-order valence-corrected chi connectivity index (χ2v) is 12.5. The van der Waals surface area contributed by atoms with Gasteiger partial charge in [0.05, 0.1) is 24.8 Å². The van der Waals surface area contributed by atoms with Crippen LogP contribution in [0.3, 0.4) is 0 Å². The van der Waals surface area contributed by atoms with Gasteiger partial charge in [-0.3, -0.25) is 0 Å². The fourth-order valence-electron chi connectivity index (χ4n) is 4.52. The summed E-state index contributed by atoms with van der Waals surface area (Å²) >= 11 is 0. The Morgan fingerprint density at radius 3 is 2.51 bits per heavy atom. The van der Waals surface area contributed by atoms with Crippen molar-refractivity contribution < 1.29 is 46.8 Å². The number of halogens is 1. The van der Waals surface area contributed by atoms with Gasteiger partial charge in [0.1, 0.15) is 23.2 Å². The fraction of sp³-hybridized carbons (Fsp3) is 0.667. The molecule has 2 unspecified atom stereocenters. The molecule has 37 heavy (non-hydrogen) atoms. The molecule has 11 nitrogen and oxygen atoms in total. The minimum absolute atomic E-state index is 0.185. The maximum Gasteiger partial charge on any atom is 0.410 e. The lowest BCUT2D eigenvalue weighted by Crippen LogP contribution is -2.50. The fourth-order valence-corrected chi connectivity index (χ4v) is 5.27. The van der Waals surface area contributed by atoms with Crippen molar-refractivity contribution in [3.05, 3.63) is 24.0 Å². The molecular weight excluding hydrogens is 511 g/mol. The highest BCUT2D eigenvalue weighted by atomic mass is 32.2. The monoisotopic (exact) mass is 546 g/mol. The quantitative estimate of drug-likeness (QED) is 0.527. The SMILES string of the molecule is CC(C)(C)OC(=O)N(CC(O)COc1cccc(S(C)(=O)=O)c1F)C1COC2(CCN(C(=O)O)CC2)C1. The summed E-state index contributed by atoms with van der Waals surface area (Å²) < 4.78 is 55.1. The summed E-state index contributed by atoms with van der Waals surface area (Å²) in [6.45, 7) is 5.37. The van der Waals surface area contributed by atoms with Crippen LogP contribution in [-0.2, 0) is 19.3 Å². The minimum Gasteiger partial charge on any atom is -0.488 e. The molecule has 2 aliphatic rings. The normalized spacial score (nSPS) is 20.5. The van der Waals surface area contributed by atoms with Crippen molar-refractivity contribution >= 4 is 22.0 Å². The summed E-state index contributed by atoms with van der Waals surface area (Å²) in [4.78, 5) is 26.5. The van der Waals surface area contributed by atoms with Gasteiger partial charge in [-0.2, -0.15) is 0 Å². The largest absolute Gasteiger partial charge is 0.488 e. The molecule has 13 heteroatoms. The summed E-state index contributed by atoms with van der Waals surface area (Å²) in [6, 6.07) is 3.26. The zero-order valence-electron chi connectivity index (χ0n) is 21.5. The van der Waals surface area contributed by atoms with E-state index < -0.39 is 62.7 Å². The van der Waals surface area contributed by atoms with Crippen LogP contribution >= 0.6 is 0 Å². The second kappa shape index (κ2) is 11.0. The van der Waals surface area contributed by atoms with Crippen LogP contribution in [0.4, 0.5) is 14.0 Å². The molecule has 1 aromatic rings. The number of piperidine rings is 1. The van der Waals surface area contributed by atoms with Gasteiger partial charge >= 0.3 is 12.2 Å². The number of hydrogen-bond donors (Lipinski definition) is 2. The van der Waals surface area contributed by atoms with E-state index in [1.54, 1.807) is 20.8 Å². The van der Waals surface area contributed by atoms with Crippen molar-refractivity contribution in [2.75, 3.05) is 39.1 Å². The Bertz CT molecular complexity index is 1100. The van der Waals surface area contributed by atoms with E-state index in [0.717, 1.165) is 12.3 Å². The van der Waals surface area contributed by atoms with Crippen molar-refractivity contribution in [3.8, 4) is 5.75 Å². The lowest BCUT2D eigenvalue weighted by atomic mass is 9.87. The van der Waals surface area contributed by atoms with Crippen molar-refractivity contribution in [2.24, 2.45) is 0 Å². The zero-order valence-corrected chi connectivity index (χ0v) is 22.3. The predicted octanol–water partition coefficient (Wildman–Crippen LogP) is 2.51. The van der Waals surface area contributed by atoms with Crippen molar-refractivity contribution in [2.45, 2.75) is 68.3 Å². The van der Waals surface area contributed by atoms with Crippen LogP contribution < -0.4 is 4.74 Å². The third kappa shape index (κ3) is 7.45. The number of likely N-dealkylation sites (tertiary alicyclic amines) is 1. The third-order valence-corrected chi connectivity index (χ3v) is 7.48. The van der Waals surface area contributed by atoms with Gasteiger partial charge in [-0.25, -0.2) is 22.4 Å².